The average molecular weight is 416 g/mol. The summed E-state index contributed by atoms with van der Waals surface area (Å²) in [7, 11) is -3.31. The van der Waals surface area contributed by atoms with Gasteiger partial charge in [-0.2, -0.15) is 0 Å². The highest BCUT2D eigenvalue weighted by molar-refractivity contribution is 7.91. The van der Waals surface area contributed by atoms with E-state index < -0.39 is 9.84 Å². The van der Waals surface area contributed by atoms with Gasteiger partial charge in [0.15, 0.2) is 9.84 Å². The molecular formula is C22H38ClNO2S. The Morgan fingerprint density at radius 2 is 1.22 bits per heavy atom. The molecule has 0 aliphatic heterocycles. The van der Waals surface area contributed by atoms with Crippen molar-refractivity contribution in [3.05, 3.63) is 23.2 Å². The first-order valence-electron chi connectivity index (χ1n) is 10.7. The third-order valence-corrected chi connectivity index (χ3v) is 7.18. The average Bonchev–Trinajstić information content (AvgIpc) is 2.61. The van der Waals surface area contributed by atoms with Crippen molar-refractivity contribution in [3.8, 4) is 0 Å². The number of hydrogen-bond donors (Lipinski definition) is 1. The monoisotopic (exact) mass is 415 g/mol. The van der Waals surface area contributed by atoms with Gasteiger partial charge in [0.25, 0.3) is 0 Å². The molecule has 0 aliphatic rings. The lowest BCUT2D eigenvalue weighted by Crippen LogP contribution is -2.09. The molecule has 0 aliphatic carbocycles. The summed E-state index contributed by atoms with van der Waals surface area (Å²) >= 11 is 5.83. The van der Waals surface area contributed by atoms with Gasteiger partial charge in [-0.3, -0.25) is 0 Å². The standard InChI is InChI=1S/C22H38ClNO2S/c1-2-3-4-5-6-7-8-9-10-11-12-13-14-15-18-27(25,26)22-17-16-20(23)19-21(22)24/h16-17,19H,2-15,18,24H2,1H3. The van der Waals surface area contributed by atoms with E-state index in [1.807, 2.05) is 0 Å². The van der Waals surface area contributed by atoms with Crippen molar-refractivity contribution >= 4 is 27.1 Å². The van der Waals surface area contributed by atoms with E-state index in [1.54, 1.807) is 6.07 Å². The molecule has 0 heterocycles. The zero-order valence-electron chi connectivity index (χ0n) is 17.0. The quantitative estimate of drug-likeness (QED) is 0.230. The highest BCUT2D eigenvalue weighted by Gasteiger charge is 2.17. The topological polar surface area (TPSA) is 60.2 Å². The fourth-order valence-electron chi connectivity index (χ4n) is 3.40. The molecule has 0 atom stereocenters. The van der Waals surface area contributed by atoms with Crippen LogP contribution in [0.5, 0.6) is 0 Å². The largest absolute Gasteiger partial charge is 0.398 e. The first kappa shape index (κ1) is 24.3. The van der Waals surface area contributed by atoms with Gasteiger partial charge in [-0.15, -0.1) is 0 Å². The predicted molar refractivity (Wildman–Crippen MR) is 118 cm³/mol. The van der Waals surface area contributed by atoms with Crippen molar-refractivity contribution in [1.29, 1.82) is 0 Å². The van der Waals surface area contributed by atoms with Crippen LogP contribution < -0.4 is 5.73 Å². The lowest BCUT2D eigenvalue weighted by Gasteiger charge is -2.08. The second kappa shape index (κ2) is 14.3. The van der Waals surface area contributed by atoms with Crippen molar-refractivity contribution < 1.29 is 8.42 Å². The van der Waals surface area contributed by atoms with Crippen molar-refractivity contribution in [2.24, 2.45) is 0 Å². The zero-order valence-corrected chi connectivity index (χ0v) is 18.6. The molecule has 2 N–H and O–H groups in total. The van der Waals surface area contributed by atoms with Crippen LogP contribution in [-0.2, 0) is 9.84 Å². The molecule has 5 heteroatoms. The van der Waals surface area contributed by atoms with Crippen molar-refractivity contribution in [2.75, 3.05) is 11.5 Å². The van der Waals surface area contributed by atoms with Crippen LogP contribution in [0.2, 0.25) is 5.02 Å². The van der Waals surface area contributed by atoms with Crippen molar-refractivity contribution in [2.45, 2.75) is 102 Å². The molecule has 27 heavy (non-hydrogen) atoms. The van der Waals surface area contributed by atoms with Gasteiger partial charge in [0.1, 0.15) is 0 Å². The zero-order chi connectivity index (χ0) is 20.0. The number of unbranched alkanes of at least 4 members (excludes halogenated alkanes) is 13. The molecule has 156 valence electrons. The van der Waals surface area contributed by atoms with Gasteiger partial charge in [-0.1, -0.05) is 102 Å². The number of benzene rings is 1. The van der Waals surface area contributed by atoms with E-state index in [0.717, 1.165) is 12.8 Å². The Morgan fingerprint density at radius 3 is 1.67 bits per heavy atom. The molecule has 0 amide bonds. The van der Waals surface area contributed by atoms with Crippen molar-refractivity contribution in [3.63, 3.8) is 0 Å². The minimum atomic E-state index is -3.31. The van der Waals surface area contributed by atoms with E-state index in [-0.39, 0.29) is 16.3 Å². The molecule has 3 nitrogen and oxygen atoms in total. The summed E-state index contributed by atoms with van der Waals surface area (Å²) in [6, 6.07) is 4.59. The SMILES string of the molecule is CCCCCCCCCCCCCCCCS(=O)(=O)c1ccc(Cl)cc1N. The molecule has 0 aromatic heterocycles. The maximum absolute atomic E-state index is 12.4. The summed E-state index contributed by atoms with van der Waals surface area (Å²) in [6.07, 6.45) is 17.6. The second-order valence-electron chi connectivity index (χ2n) is 7.60. The number of nitrogens with two attached hydrogens (primary N) is 1. The molecular weight excluding hydrogens is 378 g/mol. The fourth-order valence-corrected chi connectivity index (χ4v) is 5.08. The van der Waals surface area contributed by atoms with E-state index in [4.69, 9.17) is 17.3 Å². The Labute approximate surface area is 172 Å². The third kappa shape index (κ3) is 11.0. The van der Waals surface area contributed by atoms with Crippen LogP contribution in [0.25, 0.3) is 0 Å². The normalized spacial score (nSPS) is 11.8. The Kier molecular flexibility index (Phi) is 12.9. The summed E-state index contributed by atoms with van der Waals surface area (Å²) in [6.45, 7) is 2.26. The maximum Gasteiger partial charge on any atom is 0.180 e. The Bertz CT molecular complexity index is 617. The lowest BCUT2D eigenvalue weighted by molar-refractivity contribution is 0.537. The van der Waals surface area contributed by atoms with Crippen LogP contribution in [0.1, 0.15) is 96.8 Å². The first-order chi connectivity index (χ1) is 13.0. The van der Waals surface area contributed by atoms with Gasteiger partial charge in [0.2, 0.25) is 0 Å². The lowest BCUT2D eigenvalue weighted by atomic mass is 10.0. The van der Waals surface area contributed by atoms with E-state index >= 15 is 0 Å². The highest BCUT2D eigenvalue weighted by atomic mass is 35.5. The molecule has 0 saturated carbocycles. The van der Waals surface area contributed by atoms with Crippen LogP contribution in [0, 0.1) is 0 Å². The molecule has 0 radical (unpaired) electrons. The first-order valence-corrected chi connectivity index (χ1v) is 12.8. The number of nitrogen functional groups attached to an aromatic ring is 1. The minimum Gasteiger partial charge on any atom is -0.398 e. The Hall–Kier alpha value is -0.740. The smallest absolute Gasteiger partial charge is 0.180 e. The Balaban J connectivity index is 2.01. The number of rotatable bonds is 16. The molecule has 0 unspecified atom stereocenters. The van der Waals surface area contributed by atoms with Gasteiger partial charge in [0, 0.05) is 5.02 Å². The predicted octanol–water partition coefficient (Wildman–Crippen LogP) is 7.18. The molecule has 0 fully saturated rings. The highest BCUT2D eigenvalue weighted by Crippen LogP contribution is 2.24. The second-order valence-corrected chi connectivity index (χ2v) is 10.1. The van der Waals surface area contributed by atoms with E-state index in [0.29, 0.717) is 11.4 Å². The fraction of sp³-hybridized carbons (Fsp3) is 0.727. The van der Waals surface area contributed by atoms with Gasteiger partial charge in [-0.25, -0.2) is 8.42 Å². The molecule has 1 rings (SSSR count). The van der Waals surface area contributed by atoms with E-state index in [1.165, 1.54) is 82.8 Å². The summed E-state index contributed by atoms with van der Waals surface area (Å²) in [4.78, 5) is 0.210. The van der Waals surface area contributed by atoms with Gasteiger partial charge in [0.05, 0.1) is 16.3 Å². The maximum atomic E-state index is 12.4. The number of hydrogen-bond acceptors (Lipinski definition) is 3. The Morgan fingerprint density at radius 1 is 0.778 bits per heavy atom. The number of anilines is 1. The van der Waals surface area contributed by atoms with Crippen LogP contribution in [0.3, 0.4) is 0 Å². The van der Waals surface area contributed by atoms with E-state index in [2.05, 4.69) is 6.92 Å². The number of sulfone groups is 1. The van der Waals surface area contributed by atoms with Crippen molar-refractivity contribution in [1.82, 2.24) is 0 Å². The molecule has 1 aromatic rings. The van der Waals surface area contributed by atoms with E-state index in [9.17, 15) is 8.42 Å². The van der Waals surface area contributed by atoms with Crippen LogP contribution >= 0.6 is 11.6 Å². The van der Waals surface area contributed by atoms with Crippen LogP contribution in [-0.4, -0.2) is 14.2 Å². The molecule has 0 spiro atoms. The number of halogens is 1. The van der Waals surface area contributed by atoms with Gasteiger partial charge >= 0.3 is 0 Å². The van der Waals surface area contributed by atoms with Gasteiger partial charge in [-0.05, 0) is 24.6 Å². The van der Waals surface area contributed by atoms with Gasteiger partial charge < -0.3 is 5.73 Å². The van der Waals surface area contributed by atoms with Crippen LogP contribution in [0.4, 0.5) is 5.69 Å². The molecule has 0 saturated heterocycles. The summed E-state index contributed by atoms with van der Waals surface area (Å²) in [5, 5.41) is 0.461. The molecule has 1 aromatic carbocycles. The summed E-state index contributed by atoms with van der Waals surface area (Å²) < 4.78 is 24.7. The molecule has 0 bridgehead atoms. The third-order valence-electron chi connectivity index (χ3n) is 5.07. The van der Waals surface area contributed by atoms with Crippen LogP contribution in [0.15, 0.2) is 23.1 Å². The minimum absolute atomic E-state index is 0.164. The summed E-state index contributed by atoms with van der Waals surface area (Å²) in [5.41, 5.74) is 6.04. The summed E-state index contributed by atoms with van der Waals surface area (Å²) in [5.74, 6) is 0.164.